The zero-order chi connectivity index (χ0) is 4.83. The van der Waals surface area contributed by atoms with Gasteiger partial charge in [-0.25, -0.2) is 0 Å². The number of hydrogen-bond acceptors (Lipinski definition) is 1. The average molecular weight is 101 g/mol. The summed E-state index contributed by atoms with van der Waals surface area (Å²) in [5.41, 5.74) is 0. The molecule has 0 rings (SSSR count). The van der Waals surface area contributed by atoms with E-state index in [-0.39, 0.29) is 0 Å². The van der Waals surface area contributed by atoms with Crippen LogP contribution in [0.3, 0.4) is 0 Å². The monoisotopic (exact) mass is 101 g/mol. The molecule has 35 valence electrons. The number of thioether (sulfide) groups is 1. The van der Waals surface area contributed by atoms with E-state index in [0.717, 1.165) is 6.42 Å². The first kappa shape index (κ1) is 6.09. The van der Waals surface area contributed by atoms with Gasteiger partial charge in [-0.15, -0.1) is 11.8 Å². The van der Waals surface area contributed by atoms with Crippen LogP contribution in [0.2, 0.25) is 0 Å². The van der Waals surface area contributed by atoms with Crippen LogP contribution in [0.15, 0.2) is 11.5 Å². The van der Waals surface area contributed by atoms with Crippen molar-refractivity contribution >= 4 is 11.8 Å². The highest BCUT2D eigenvalue weighted by atomic mass is 32.2. The van der Waals surface area contributed by atoms with E-state index in [4.69, 9.17) is 0 Å². The van der Waals surface area contributed by atoms with Gasteiger partial charge in [-0.05, 0) is 25.0 Å². The maximum absolute atomic E-state index is 3.62. The Morgan fingerprint density at radius 1 is 1.83 bits per heavy atom. The third kappa shape index (κ3) is 4.09. The Hall–Kier alpha value is 0.0900. The average Bonchev–Trinajstić information content (AvgIpc) is 1.61. The second-order valence-electron chi connectivity index (χ2n) is 0.896. The van der Waals surface area contributed by atoms with E-state index in [2.05, 4.69) is 6.92 Å². The lowest BCUT2D eigenvalue weighted by atomic mass is 10.5. The van der Waals surface area contributed by atoms with Gasteiger partial charge >= 0.3 is 0 Å². The summed E-state index contributed by atoms with van der Waals surface area (Å²) in [4.78, 5) is 0. The van der Waals surface area contributed by atoms with Crippen molar-refractivity contribution in [3.8, 4) is 0 Å². The third-order valence-electron chi connectivity index (χ3n) is 0.399. The predicted molar refractivity (Wildman–Crippen MR) is 32.6 cm³/mol. The summed E-state index contributed by atoms with van der Waals surface area (Å²) >= 11 is 1.71. The first-order chi connectivity index (χ1) is 2.91. The van der Waals surface area contributed by atoms with Crippen LogP contribution in [0.5, 0.6) is 0 Å². The van der Waals surface area contributed by atoms with Gasteiger partial charge in [-0.3, -0.25) is 0 Å². The molecule has 0 unspecified atom stereocenters. The Labute approximate surface area is 43.6 Å². The maximum Gasteiger partial charge on any atom is -0.0142 e. The summed E-state index contributed by atoms with van der Waals surface area (Å²) in [6.45, 7) is 3.62. The summed E-state index contributed by atoms with van der Waals surface area (Å²) in [6, 6.07) is 0. The van der Waals surface area contributed by atoms with E-state index < -0.39 is 0 Å². The van der Waals surface area contributed by atoms with Crippen molar-refractivity contribution in [3.05, 3.63) is 18.4 Å². The summed E-state index contributed by atoms with van der Waals surface area (Å²) in [7, 11) is 0. The third-order valence-corrected chi connectivity index (χ3v) is 0.864. The van der Waals surface area contributed by atoms with Crippen LogP contribution in [-0.4, -0.2) is 6.26 Å². The highest BCUT2D eigenvalue weighted by molar-refractivity contribution is 8.01. The van der Waals surface area contributed by atoms with Crippen molar-refractivity contribution in [2.75, 3.05) is 6.26 Å². The fourth-order valence-electron chi connectivity index (χ4n) is 0.164. The van der Waals surface area contributed by atoms with Crippen molar-refractivity contribution in [1.29, 1.82) is 0 Å². The molecule has 0 aliphatic heterocycles. The summed E-state index contributed by atoms with van der Waals surface area (Å²) < 4.78 is 0. The van der Waals surface area contributed by atoms with Gasteiger partial charge in [0.1, 0.15) is 0 Å². The molecule has 0 saturated heterocycles. The van der Waals surface area contributed by atoms with Crippen LogP contribution in [0.25, 0.3) is 0 Å². The molecule has 0 bridgehead atoms. The number of rotatable bonds is 2. The first-order valence-corrected chi connectivity index (χ1v) is 3.17. The Morgan fingerprint density at radius 2 is 2.50 bits per heavy atom. The zero-order valence-electron chi connectivity index (χ0n) is 3.98. The van der Waals surface area contributed by atoms with Gasteiger partial charge in [0.05, 0.1) is 0 Å². The SMILES string of the molecule is [CH2]C/C=C/SC. The van der Waals surface area contributed by atoms with Crippen molar-refractivity contribution in [1.82, 2.24) is 0 Å². The molecule has 1 heteroatoms. The lowest BCUT2D eigenvalue weighted by Gasteiger charge is -1.72. The molecular formula is C5H9S. The molecule has 0 N–H and O–H groups in total. The van der Waals surface area contributed by atoms with Crippen molar-refractivity contribution < 1.29 is 0 Å². The Balaban J connectivity index is 2.73. The normalized spacial score (nSPS) is 10.3. The molecular weight excluding hydrogens is 92.1 g/mol. The Kier molecular flexibility index (Phi) is 5.17. The van der Waals surface area contributed by atoms with E-state index in [1.807, 2.05) is 17.7 Å². The molecule has 0 amide bonds. The van der Waals surface area contributed by atoms with Crippen molar-refractivity contribution in [2.24, 2.45) is 0 Å². The molecule has 0 spiro atoms. The van der Waals surface area contributed by atoms with E-state index >= 15 is 0 Å². The first-order valence-electron chi connectivity index (χ1n) is 1.89. The number of allylic oxidation sites excluding steroid dienone is 1. The summed E-state index contributed by atoms with van der Waals surface area (Å²) in [5.74, 6) is 0. The molecule has 0 nitrogen and oxygen atoms in total. The van der Waals surface area contributed by atoms with E-state index in [0.29, 0.717) is 0 Å². The Morgan fingerprint density at radius 3 is 2.67 bits per heavy atom. The van der Waals surface area contributed by atoms with E-state index in [9.17, 15) is 0 Å². The van der Waals surface area contributed by atoms with Crippen LogP contribution in [0, 0.1) is 6.92 Å². The molecule has 0 saturated carbocycles. The van der Waals surface area contributed by atoms with Crippen LogP contribution in [-0.2, 0) is 0 Å². The molecule has 6 heavy (non-hydrogen) atoms. The molecule has 0 aromatic rings. The molecule has 0 heterocycles. The Bertz CT molecular complexity index is 33.2. The second kappa shape index (κ2) is 5.09. The van der Waals surface area contributed by atoms with Crippen LogP contribution >= 0.6 is 11.8 Å². The highest BCUT2D eigenvalue weighted by Crippen LogP contribution is 1.92. The van der Waals surface area contributed by atoms with Crippen LogP contribution in [0.1, 0.15) is 6.42 Å². The minimum absolute atomic E-state index is 0.904. The highest BCUT2D eigenvalue weighted by Gasteiger charge is 1.60. The zero-order valence-corrected chi connectivity index (χ0v) is 4.79. The quantitative estimate of drug-likeness (QED) is 0.513. The topological polar surface area (TPSA) is 0 Å². The van der Waals surface area contributed by atoms with Gasteiger partial charge in [0, 0.05) is 0 Å². The standard InChI is InChI=1S/C5H9S/c1-3-4-5-6-2/h4-5H,1,3H2,2H3/b5-4+. The largest absolute Gasteiger partial charge is 0.138 e. The lowest BCUT2D eigenvalue weighted by molar-refractivity contribution is 1.41. The van der Waals surface area contributed by atoms with Gasteiger partial charge in [-0.2, -0.15) is 0 Å². The van der Waals surface area contributed by atoms with Crippen LogP contribution < -0.4 is 0 Å². The predicted octanol–water partition coefficient (Wildman–Crippen LogP) is 2.09. The molecule has 0 aliphatic rings. The van der Waals surface area contributed by atoms with E-state index in [1.165, 1.54) is 0 Å². The van der Waals surface area contributed by atoms with Crippen molar-refractivity contribution in [3.63, 3.8) is 0 Å². The molecule has 0 atom stereocenters. The maximum atomic E-state index is 3.62. The van der Waals surface area contributed by atoms with Gasteiger partial charge in [0.2, 0.25) is 0 Å². The lowest BCUT2D eigenvalue weighted by Crippen LogP contribution is -1.46. The molecule has 0 fully saturated rings. The van der Waals surface area contributed by atoms with Gasteiger partial charge in [0.15, 0.2) is 0 Å². The fourth-order valence-corrected chi connectivity index (χ4v) is 0.493. The molecule has 0 aliphatic carbocycles. The van der Waals surface area contributed by atoms with Gasteiger partial charge in [0.25, 0.3) is 0 Å². The van der Waals surface area contributed by atoms with Gasteiger partial charge < -0.3 is 0 Å². The second-order valence-corrected chi connectivity index (χ2v) is 1.64. The summed E-state index contributed by atoms with van der Waals surface area (Å²) in [6.07, 6.45) is 4.97. The molecule has 1 radical (unpaired) electrons. The summed E-state index contributed by atoms with van der Waals surface area (Å²) in [5, 5.41) is 2.03. The minimum Gasteiger partial charge on any atom is -0.138 e. The smallest absolute Gasteiger partial charge is 0.0142 e. The number of hydrogen-bond donors (Lipinski definition) is 0. The minimum atomic E-state index is 0.904. The van der Waals surface area contributed by atoms with Crippen LogP contribution in [0.4, 0.5) is 0 Å². The van der Waals surface area contributed by atoms with E-state index in [1.54, 1.807) is 11.8 Å². The van der Waals surface area contributed by atoms with Crippen molar-refractivity contribution in [2.45, 2.75) is 6.42 Å². The molecule has 0 aromatic heterocycles. The fraction of sp³-hybridized carbons (Fsp3) is 0.400. The van der Waals surface area contributed by atoms with Gasteiger partial charge in [-0.1, -0.05) is 6.08 Å². The molecule has 0 aromatic carbocycles.